The number of carbonyl (C=O) groups is 2. The summed E-state index contributed by atoms with van der Waals surface area (Å²) in [4.78, 5) is 27.8. The van der Waals surface area contributed by atoms with E-state index in [2.05, 4.69) is 10.2 Å². The highest BCUT2D eigenvalue weighted by atomic mass is 35.5. The van der Waals surface area contributed by atoms with Gasteiger partial charge in [0.2, 0.25) is 5.91 Å². The van der Waals surface area contributed by atoms with Gasteiger partial charge in [-0.3, -0.25) is 9.69 Å². The van der Waals surface area contributed by atoms with Crippen LogP contribution in [0.1, 0.15) is 12.5 Å². The fourth-order valence-corrected chi connectivity index (χ4v) is 3.07. The number of rotatable bonds is 8. The average Bonchev–Trinajstić information content (AvgIpc) is 2.69. The summed E-state index contributed by atoms with van der Waals surface area (Å²) in [6.45, 7) is 7.77. The first-order valence-corrected chi connectivity index (χ1v) is 9.73. The van der Waals surface area contributed by atoms with E-state index in [0.717, 1.165) is 24.3 Å². The van der Waals surface area contributed by atoms with Crippen molar-refractivity contribution in [1.82, 2.24) is 9.80 Å². The number of nitrogens with zero attached hydrogens (tertiary/aromatic N) is 2. The van der Waals surface area contributed by atoms with Gasteiger partial charge < -0.3 is 19.7 Å². The molecule has 0 aliphatic carbocycles. The van der Waals surface area contributed by atoms with E-state index < -0.39 is 0 Å². The van der Waals surface area contributed by atoms with E-state index in [-0.39, 0.29) is 18.4 Å². The molecule has 1 amide bonds. The Labute approximate surface area is 171 Å². The predicted molar refractivity (Wildman–Crippen MR) is 110 cm³/mol. The van der Waals surface area contributed by atoms with Gasteiger partial charge in [-0.1, -0.05) is 17.7 Å². The maximum Gasteiger partial charge on any atom is 0.330 e. The molecule has 0 saturated carbocycles. The molecular weight excluding hydrogens is 382 g/mol. The van der Waals surface area contributed by atoms with Crippen molar-refractivity contribution in [2.24, 2.45) is 0 Å². The van der Waals surface area contributed by atoms with E-state index >= 15 is 0 Å². The molecule has 28 heavy (non-hydrogen) atoms. The van der Waals surface area contributed by atoms with Crippen LogP contribution in [-0.2, 0) is 14.3 Å². The second kappa shape index (κ2) is 10.9. The molecule has 2 rings (SSSR count). The van der Waals surface area contributed by atoms with Crippen LogP contribution in [0.5, 0.6) is 5.75 Å². The lowest BCUT2D eigenvalue weighted by Gasteiger charge is -2.34. The molecule has 0 atom stereocenters. The van der Waals surface area contributed by atoms with Crippen molar-refractivity contribution in [2.45, 2.75) is 13.8 Å². The van der Waals surface area contributed by atoms with Crippen LogP contribution < -0.4 is 10.1 Å². The SMILES string of the molecule is CCOC(=O)/C=C/CN1CCN(C(=O)CNc2cc(C)c(Cl)cc2OC)CC1. The van der Waals surface area contributed by atoms with Crippen LogP contribution in [-0.4, -0.2) is 74.7 Å². The van der Waals surface area contributed by atoms with Crippen LogP contribution in [0.3, 0.4) is 0 Å². The van der Waals surface area contributed by atoms with Gasteiger partial charge in [0.1, 0.15) is 5.75 Å². The molecule has 1 heterocycles. The number of piperazine rings is 1. The van der Waals surface area contributed by atoms with E-state index in [1.165, 1.54) is 6.08 Å². The number of hydrogen-bond acceptors (Lipinski definition) is 6. The minimum atomic E-state index is -0.324. The van der Waals surface area contributed by atoms with Gasteiger partial charge in [0.05, 0.1) is 25.9 Å². The van der Waals surface area contributed by atoms with Gasteiger partial charge in [0.25, 0.3) is 0 Å². The normalized spacial score (nSPS) is 14.9. The number of carbonyl (C=O) groups excluding carboxylic acids is 2. The Hall–Kier alpha value is -2.25. The number of ether oxygens (including phenoxy) is 2. The standard InChI is InChI=1S/C20H28ClN3O4/c1-4-28-20(26)6-5-7-23-8-10-24(11-9-23)19(25)14-22-17-12-15(2)16(21)13-18(17)27-3/h5-6,12-13,22H,4,7-11,14H2,1-3H3/b6-5+. The zero-order chi connectivity index (χ0) is 20.5. The molecule has 1 N–H and O–H groups in total. The monoisotopic (exact) mass is 409 g/mol. The summed E-state index contributed by atoms with van der Waals surface area (Å²) in [6.07, 6.45) is 3.25. The van der Waals surface area contributed by atoms with Crippen molar-refractivity contribution in [3.8, 4) is 5.75 Å². The summed E-state index contributed by atoms with van der Waals surface area (Å²) in [5, 5.41) is 3.77. The Morgan fingerprint density at radius 3 is 2.61 bits per heavy atom. The Morgan fingerprint density at radius 1 is 1.25 bits per heavy atom. The number of benzene rings is 1. The second-order valence-corrected chi connectivity index (χ2v) is 6.90. The van der Waals surface area contributed by atoms with Crippen LogP contribution in [0, 0.1) is 6.92 Å². The first-order chi connectivity index (χ1) is 13.4. The quantitative estimate of drug-likeness (QED) is 0.525. The molecule has 0 radical (unpaired) electrons. The van der Waals surface area contributed by atoms with E-state index in [1.807, 2.05) is 17.9 Å². The zero-order valence-electron chi connectivity index (χ0n) is 16.7. The van der Waals surface area contributed by atoms with Gasteiger partial charge in [-0.05, 0) is 25.5 Å². The van der Waals surface area contributed by atoms with Gasteiger partial charge in [-0.2, -0.15) is 0 Å². The lowest BCUT2D eigenvalue weighted by molar-refractivity contribution is -0.137. The number of esters is 1. The number of anilines is 1. The molecular formula is C20H28ClN3O4. The summed E-state index contributed by atoms with van der Waals surface area (Å²) in [6, 6.07) is 3.62. The van der Waals surface area contributed by atoms with Crippen molar-refractivity contribution >= 4 is 29.2 Å². The van der Waals surface area contributed by atoms with Gasteiger partial charge in [-0.25, -0.2) is 4.79 Å². The lowest BCUT2D eigenvalue weighted by atomic mass is 10.2. The van der Waals surface area contributed by atoms with Crippen LogP contribution >= 0.6 is 11.6 Å². The Kier molecular flexibility index (Phi) is 8.60. The number of hydrogen-bond donors (Lipinski definition) is 1. The molecule has 1 aliphatic rings. The molecule has 0 bridgehead atoms. The average molecular weight is 410 g/mol. The van der Waals surface area contributed by atoms with Crippen LogP contribution in [0.25, 0.3) is 0 Å². The van der Waals surface area contributed by atoms with Crippen molar-refractivity contribution in [2.75, 3.05) is 58.3 Å². The molecule has 8 heteroatoms. The predicted octanol–water partition coefficient (Wildman–Crippen LogP) is 2.33. The van der Waals surface area contributed by atoms with Crippen LogP contribution in [0.15, 0.2) is 24.3 Å². The topological polar surface area (TPSA) is 71.1 Å². The molecule has 0 spiro atoms. The maximum atomic E-state index is 12.5. The zero-order valence-corrected chi connectivity index (χ0v) is 17.4. The van der Waals surface area contributed by atoms with Gasteiger partial charge in [-0.15, -0.1) is 0 Å². The molecule has 1 fully saturated rings. The summed E-state index contributed by atoms with van der Waals surface area (Å²) >= 11 is 6.11. The van der Waals surface area contributed by atoms with Crippen molar-refractivity contribution < 1.29 is 19.1 Å². The first-order valence-electron chi connectivity index (χ1n) is 9.36. The van der Waals surface area contributed by atoms with Gasteiger partial charge in [0.15, 0.2) is 0 Å². The molecule has 0 unspecified atom stereocenters. The number of amides is 1. The van der Waals surface area contributed by atoms with E-state index in [4.69, 9.17) is 21.1 Å². The van der Waals surface area contributed by atoms with E-state index in [9.17, 15) is 9.59 Å². The van der Waals surface area contributed by atoms with Gasteiger partial charge in [0, 0.05) is 49.9 Å². The third kappa shape index (κ3) is 6.42. The highest BCUT2D eigenvalue weighted by Gasteiger charge is 2.20. The van der Waals surface area contributed by atoms with Gasteiger partial charge >= 0.3 is 5.97 Å². The van der Waals surface area contributed by atoms with E-state index in [1.54, 1.807) is 26.2 Å². The Balaban J connectivity index is 1.78. The summed E-state index contributed by atoms with van der Waals surface area (Å²) < 4.78 is 10.2. The second-order valence-electron chi connectivity index (χ2n) is 6.49. The van der Waals surface area contributed by atoms with Crippen molar-refractivity contribution in [3.63, 3.8) is 0 Å². The maximum absolute atomic E-state index is 12.5. The molecule has 1 saturated heterocycles. The number of nitrogens with one attached hydrogen (secondary N) is 1. The third-order valence-corrected chi connectivity index (χ3v) is 4.95. The third-order valence-electron chi connectivity index (χ3n) is 4.54. The smallest absolute Gasteiger partial charge is 0.330 e. The van der Waals surface area contributed by atoms with Crippen molar-refractivity contribution in [3.05, 3.63) is 34.9 Å². The van der Waals surface area contributed by atoms with E-state index in [0.29, 0.717) is 37.0 Å². The molecule has 154 valence electrons. The summed E-state index contributed by atoms with van der Waals surface area (Å²) in [7, 11) is 1.57. The fraction of sp³-hybridized carbons (Fsp3) is 0.500. The molecule has 7 nitrogen and oxygen atoms in total. The summed E-state index contributed by atoms with van der Waals surface area (Å²) in [5.74, 6) is 0.327. The van der Waals surface area contributed by atoms with Crippen LogP contribution in [0.2, 0.25) is 5.02 Å². The Bertz CT molecular complexity index is 716. The fourth-order valence-electron chi connectivity index (χ4n) is 2.92. The highest BCUT2D eigenvalue weighted by molar-refractivity contribution is 6.31. The summed E-state index contributed by atoms with van der Waals surface area (Å²) in [5.41, 5.74) is 1.67. The molecule has 1 aromatic rings. The Morgan fingerprint density at radius 2 is 1.96 bits per heavy atom. The number of methoxy groups -OCH3 is 1. The molecule has 1 aliphatic heterocycles. The highest BCUT2D eigenvalue weighted by Crippen LogP contribution is 2.30. The minimum Gasteiger partial charge on any atom is -0.495 e. The lowest BCUT2D eigenvalue weighted by Crippen LogP contribution is -2.50. The number of halogens is 1. The molecule has 0 aromatic heterocycles. The van der Waals surface area contributed by atoms with Crippen molar-refractivity contribution in [1.29, 1.82) is 0 Å². The van der Waals surface area contributed by atoms with Crippen LogP contribution in [0.4, 0.5) is 5.69 Å². The first kappa shape index (κ1) is 22.0. The molecule has 1 aromatic carbocycles. The number of aryl methyl sites for hydroxylation is 1. The largest absolute Gasteiger partial charge is 0.495 e. The minimum absolute atomic E-state index is 0.0383.